The van der Waals surface area contributed by atoms with E-state index in [0.29, 0.717) is 71.2 Å². The molecule has 1 aromatic heterocycles. The lowest BCUT2D eigenvalue weighted by molar-refractivity contribution is -0.222. The molecule has 7 atom stereocenters. The van der Waals surface area contributed by atoms with Crippen LogP contribution in [0.3, 0.4) is 0 Å². The summed E-state index contributed by atoms with van der Waals surface area (Å²) in [5.74, 6) is -4.31. The van der Waals surface area contributed by atoms with Gasteiger partial charge in [0.1, 0.15) is 29.3 Å². The molecule has 4 fully saturated rings. The maximum atomic E-state index is 15.3. The normalized spacial score (nSPS) is 29.9. The molecule has 4 heterocycles. The standard InChI is InChI=1S/C43H57F3N6O9S/c1-6-27-21-26(2)11-7-8-12-28-23-42(28,38(55)49-62(58,59)41(5)15-16-41)48-35(53)32-22-29(25-51(32)37(54)34(27)52(39(56)57)40(3,4)43(44,45)46)61-36-31-14-10-9-13-30(31)33(24-47-36)50-17-19-60-20-18-50/h8-10,12-14,24,26-29,32,34H,6-7,11,15-23,25H2,1-5H3,(H,48,53)(H,49,55)(H,56,57)/b12-8-/t26-,27-,28-,29-,32+,34+,42-/m1/s1. The molecule has 7 rings (SSSR count). The summed E-state index contributed by atoms with van der Waals surface area (Å²) in [5, 5.41) is 14.8. The number of fused-ring (bicyclic) bond motifs is 3. The van der Waals surface area contributed by atoms with Crippen LogP contribution in [0.4, 0.5) is 23.7 Å². The second-order valence-electron chi connectivity index (χ2n) is 18.4. The molecule has 2 aliphatic carbocycles. The summed E-state index contributed by atoms with van der Waals surface area (Å²) in [6.07, 6.45) is -0.879. The fourth-order valence-electron chi connectivity index (χ4n) is 9.23. The maximum absolute atomic E-state index is 15.3. The van der Waals surface area contributed by atoms with Gasteiger partial charge in [-0.1, -0.05) is 50.6 Å². The Morgan fingerprint density at radius 2 is 1.79 bits per heavy atom. The van der Waals surface area contributed by atoms with Gasteiger partial charge in [-0.25, -0.2) is 18.2 Å². The highest BCUT2D eigenvalue weighted by molar-refractivity contribution is 7.91. The first kappa shape index (κ1) is 45.4. The van der Waals surface area contributed by atoms with Crippen LogP contribution in [0.2, 0.25) is 0 Å². The molecule has 62 heavy (non-hydrogen) atoms. The van der Waals surface area contributed by atoms with Crippen LogP contribution < -0.4 is 19.7 Å². The van der Waals surface area contributed by atoms with E-state index in [1.165, 1.54) is 6.92 Å². The highest BCUT2D eigenvalue weighted by atomic mass is 32.2. The summed E-state index contributed by atoms with van der Waals surface area (Å²) in [6.45, 7) is 8.54. The number of nitrogens with zero attached hydrogens (tertiary/aromatic N) is 4. The fourth-order valence-corrected chi connectivity index (χ4v) is 10.5. The Morgan fingerprint density at radius 1 is 1.11 bits per heavy atom. The summed E-state index contributed by atoms with van der Waals surface area (Å²) in [5.41, 5.74) is -3.90. The van der Waals surface area contributed by atoms with Crippen LogP contribution >= 0.6 is 0 Å². The van der Waals surface area contributed by atoms with Crippen molar-refractivity contribution in [1.82, 2.24) is 24.8 Å². The van der Waals surface area contributed by atoms with E-state index < -0.39 is 85.9 Å². The zero-order valence-corrected chi connectivity index (χ0v) is 36.6. The lowest BCUT2D eigenvalue weighted by Gasteiger charge is -2.46. The molecule has 1 aromatic carbocycles. The van der Waals surface area contributed by atoms with E-state index in [4.69, 9.17) is 9.47 Å². The average Bonchev–Trinajstić information content (AvgIpc) is 4.10. The number of benzene rings is 1. The maximum Gasteiger partial charge on any atom is 0.411 e. The van der Waals surface area contributed by atoms with Crippen LogP contribution in [0.5, 0.6) is 5.88 Å². The predicted molar refractivity (Wildman–Crippen MR) is 223 cm³/mol. The Kier molecular flexibility index (Phi) is 12.3. The number of aromatic nitrogens is 1. The predicted octanol–water partition coefficient (Wildman–Crippen LogP) is 5.39. The molecule has 15 nitrogen and oxygen atoms in total. The monoisotopic (exact) mass is 890 g/mol. The molecule has 0 unspecified atom stereocenters. The molecule has 19 heteroatoms. The van der Waals surface area contributed by atoms with Crippen molar-refractivity contribution in [2.75, 3.05) is 37.7 Å². The van der Waals surface area contributed by atoms with E-state index in [-0.39, 0.29) is 48.9 Å². The van der Waals surface area contributed by atoms with E-state index in [0.717, 1.165) is 16.0 Å². The minimum Gasteiger partial charge on any atom is -0.472 e. The minimum atomic E-state index is -5.09. The molecule has 5 aliphatic rings. The Morgan fingerprint density at radius 3 is 2.42 bits per heavy atom. The molecule has 340 valence electrons. The van der Waals surface area contributed by atoms with Crippen LogP contribution in [0.15, 0.2) is 42.6 Å². The molecule has 2 saturated carbocycles. The number of carbonyl (C=O) groups is 4. The molecule has 0 bridgehead atoms. The van der Waals surface area contributed by atoms with E-state index in [2.05, 4.69) is 19.9 Å². The number of carboxylic acid groups (broad SMARTS) is 1. The molecule has 2 aromatic rings. The third kappa shape index (κ3) is 8.54. The van der Waals surface area contributed by atoms with Crippen molar-refractivity contribution in [3.05, 3.63) is 42.6 Å². The first-order valence-electron chi connectivity index (χ1n) is 21.5. The number of morpholine rings is 1. The lowest BCUT2D eigenvalue weighted by Crippen LogP contribution is -2.66. The minimum absolute atomic E-state index is 0.0575. The number of rotatable bonds is 9. The molecule has 0 radical (unpaired) electrons. The third-order valence-electron chi connectivity index (χ3n) is 13.7. The van der Waals surface area contributed by atoms with Crippen LogP contribution in [0.25, 0.3) is 10.8 Å². The second kappa shape index (κ2) is 16.8. The van der Waals surface area contributed by atoms with Crippen molar-refractivity contribution < 1.29 is 55.3 Å². The van der Waals surface area contributed by atoms with Crippen molar-refractivity contribution in [3.63, 3.8) is 0 Å². The van der Waals surface area contributed by atoms with Gasteiger partial charge >= 0.3 is 12.3 Å². The fraction of sp³-hybridized carbons (Fsp3) is 0.651. The summed E-state index contributed by atoms with van der Waals surface area (Å²) in [6, 6.07) is 4.07. The van der Waals surface area contributed by atoms with Crippen molar-refractivity contribution in [2.45, 2.75) is 126 Å². The average molecular weight is 891 g/mol. The largest absolute Gasteiger partial charge is 0.472 e. The zero-order chi connectivity index (χ0) is 45.0. The van der Waals surface area contributed by atoms with Gasteiger partial charge in [-0.3, -0.25) is 24.0 Å². The van der Waals surface area contributed by atoms with E-state index in [1.807, 2.05) is 37.3 Å². The highest BCUT2D eigenvalue weighted by Gasteiger charge is 2.64. The summed E-state index contributed by atoms with van der Waals surface area (Å²) < 4.78 is 84.3. The highest BCUT2D eigenvalue weighted by Crippen LogP contribution is 2.48. The van der Waals surface area contributed by atoms with Crippen molar-refractivity contribution >= 4 is 50.3 Å². The van der Waals surface area contributed by atoms with Gasteiger partial charge in [0.05, 0.1) is 36.4 Å². The molecule has 3 aliphatic heterocycles. The molecule has 4 amide bonds. The number of allylic oxidation sites excluding steroid dienone is 1. The van der Waals surface area contributed by atoms with Gasteiger partial charge < -0.3 is 29.7 Å². The molecule has 2 saturated heterocycles. The molecule has 3 N–H and O–H groups in total. The number of hydrogen-bond acceptors (Lipinski definition) is 10. The number of sulfonamides is 1. The third-order valence-corrected chi connectivity index (χ3v) is 15.9. The number of ether oxygens (including phenoxy) is 2. The number of nitrogens with one attached hydrogen (secondary N) is 2. The van der Waals surface area contributed by atoms with E-state index in [1.54, 1.807) is 19.2 Å². The smallest absolute Gasteiger partial charge is 0.411 e. The lowest BCUT2D eigenvalue weighted by atomic mass is 9.82. The number of amides is 4. The second-order valence-corrected chi connectivity index (χ2v) is 20.6. The summed E-state index contributed by atoms with van der Waals surface area (Å²) >= 11 is 0. The van der Waals surface area contributed by atoms with Gasteiger partial charge in [0.15, 0.2) is 0 Å². The Balaban J connectivity index is 1.30. The molecule has 0 spiro atoms. The number of anilines is 1. The van der Waals surface area contributed by atoms with Crippen molar-refractivity contribution in [2.24, 2.45) is 17.8 Å². The van der Waals surface area contributed by atoms with Crippen LogP contribution in [-0.2, 0) is 29.1 Å². The number of alkyl halides is 3. The zero-order valence-electron chi connectivity index (χ0n) is 35.7. The topological polar surface area (TPSA) is 188 Å². The van der Waals surface area contributed by atoms with Crippen LogP contribution in [0.1, 0.15) is 86.0 Å². The quantitative estimate of drug-likeness (QED) is 0.274. The Hall–Kier alpha value is -4.65. The van der Waals surface area contributed by atoms with Crippen LogP contribution in [0, 0.1) is 17.8 Å². The number of hydrogen-bond donors (Lipinski definition) is 3. The van der Waals surface area contributed by atoms with Gasteiger partial charge in [-0.2, -0.15) is 13.2 Å². The number of pyridine rings is 1. The molecular weight excluding hydrogens is 834 g/mol. The Bertz CT molecular complexity index is 2210. The van der Waals surface area contributed by atoms with Crippen molar-refractivity contribution in [1.29, 1.82) is 0 Å². The first-order chi connectivity index (χ1) is 29.1. The van der Waals surface area contributed by atoms with Gasteiger partial charge in [-0.15, -0.1) is 0 Å². The number of carbonyl (C=O) groups excluding carboxylic acids is 3. The van der Waals surface area contributed by atoms with Gasteiger partial charge in [0, 0.05) is 36.2 Å². The molecular formula is C43H57F3N6O9S. The van der Waals surface area contributed by atoms with Crippen molar-refractivity contribution in [3.8, 4) is 5.88 Å². The van der Waals surface area contributed by atoms with Crippen LogP contribution in [-0.4, -0.2) is 125 Å². The number of halogens is 3. The summed E-state index contributed by atoms with van der Waals surface area (Å²) in [4.78, 5) is 65.2. The van der Waals surface area contributed by atoms with Gasteiger partial charge in [0.2, 0.25) is 27.7 Å². The van der Waals surface area contributed by atoms with E-state index in [9.17, 15) is 41.1 Å². The Labute approximate surface area is 359 Å². The summed E-state index contributed by atoms with van der Waals surface area (Å²) in [7, 11) is -4.12. The van der Waals surface area contributed by atoms with Gasteiger partial charge in [-0.05, 0) is 77.2 Å². The SMILES string of the molecule is CC[C@@H]1C[C@H](C)CC/C=C\[C@@H]2C[C@@]2(C(=O)NS(=O)(=O)C2(C)CC2)NC(=O)[C@@H]2C[C@@H](Oc3ncc(N4CCOCC4)c4ccccc34)CN2C(=O)[C@H]1N(C(=O)O)C(C)(C)C(F)(F)F. The van der Waals surface area contributed by atoms with E-state index >= 15 is 4.79 Å². The van der Waals surface area contributed by atoms with Gasteiger partial charge in [0.25, 0.3) is 5.91 Å². The first-order valence-corrected chi connectivity index (χ1v) is 22.9.